The van der Waals surface area contributed by atoms with Gasteiger partial charge in [-0.05, 0) is 50.5 Å². The van der Waals surface area contributed by atoms with Gasteiger partial charge in [-0.1, -0.05) is 26.7 Å². The van der Waals surface area contributed by atoms with Crippen LogP contribution in [-0.4, -0.2) is 32.5 Å². The van der Waals surface area contributed by atoms with E-state index >= 15 is 0 Å². The number of hydrogen-bond acceptors (Lipinski definition) is 3. The SMILES string of the molecule is CNC1CC(C)CC(C)C1S(=O)(=O)CC1CCCC1. The molecule has 0 aliphatic heterocycles. The predicted molar refractivity (Wildman–Crippen MR) is 79.9 cm³/mol. The van der Waals surface area contributed by atoms with Crippen molar-refractivity contribution in [2.24, 2.45) is 17.8 Å². The minimum atomic E-state index is -2.96. The zero-order chi connectivity index (χ0) is 14.0. The average molecular weight is 287 g/mol. The molecule has 4 atom stereocenters. The molecule has 2 rings (SSSR count). The highest BCUT2D eigenvalue weighted by Crippen LogP contribution is 2.36. The molecule has 0 radical (unpaired) electrons. The van der Waals surface area contributed by atoms with Gasteiger partial charge in [0.25, 0.3) is 0 Å². The van der Waals surface area contributed by atoms with E-state index in [9.17, 15) is 8.42 Å². The summed E-state index contributed by atoms with van der Waals surface area (Å²) >= 11 is 0. The lowest BCUT2D eigenvalue weighted by Crippen LogP contribution is -2.51. The van der Waals surface area contributed by atoms with Crippen molar-refractivity contribution in [3.05, 3.63) is 0 Å². The molecule has 2 fully saturated rings. The maximum atomic E-state index is 12.8. The van der Waals surface area contributed by atoms with Crippen molar-refractivity contribution >= 4 is 9.84 Å². The van der Waals surface area contributed by atoms with Crippen molar-refractivity contribution in [3.63, 3.8) is 0 Å². The summed E-state index contributed by atoms with van der Waals surface area (Å²) in [5.41, 5.74) is 0. The van der Waals surface area contributed by atoms with Crippen LogP contribution in [-0.2, 0) is 9.84 Å². The number of sulfone groups is 1. The van der Waals surface area contributed by atoms with Crippen molar-refractivity contribution in [1.29, 1.82) is 0 Å². The molecular weight excluding hydrogens is 258 g/mol. The van der Waals surface area contributed by atoms with Crippen LogP contribution < -0.4 is 5.32 Å². The summed E-state index contributed by atoms with van der Waals surface area (Å²) in [7, 11) is -1.05. The fraction of sp³-hybridized carbons (Fsp3) is 1.00. The van der Waals surface area contributed by atoms with Crippen LogP contribution in [0.4, 0.5) is 0 Å². The van der Waals surface area contributed by atoms with E-state index in [0.29, 0.717) is 17.6 Å². The third-order valence-corrected chi connectivity index (χ3v) is 7.67. The fourth-order valence-corrected chi connectivity index (χ4v) is 7.11. The zero-order valence-electron chi connectivity index (χ0n) is 12.6. The lowest BCUT2D eigenvalue weighted by atomic mass is 9.80. The lowest BCUT2D eigenvalue weighted by molar-refractivity contribution is 0.249. The van der Waals surface area contributed by atoms with Crippen LogP contribution in [0.25, 0.3) is 0 Å². The van der Waals surface area contributed by atoms with Crippen LogP contribution in [0.5, 0.6) is 0 Å². The van der Waals surface area contributed by atoms with E-state index in [2.05, 4.69) is 19.2 Å². The molecule has 2 aliphatic rings. The first kappa shape index (κ1) is 15.3. The second kappa shape index (κ2) is 6.13. The van der Waals surface area contributed by atoms with Crippen molar-refractivity contribution in [2.45, 2.75) is 63.7 Å². The molecule has 3 nitrogen and oxygen atoms in total. The molecule has 4 unspecified atom stereocenters. The predicted octanol–water partition coefficient (Wildman–Crippen LogP) is 2.61. The quantitative estimate of drug-likeness (QED) is 0.864. The minimum Gasteiger partial charge on any atom is -0.316 e. The molecule has 0 aromatic heterocycles. The number of nitrogens with one attached hydrogen (secondary N) is 1. The van der Waals surface area contributed by atoms with E-state index in [1.54, 1.807) is 0 Å². The van der Waals surface area contributed by atoms with Gasteiger partial charge in [0.15, 0.2) is 9.84 Å². The van der Waals surface area contributed by atoms with Crippen molar-refractivity contribution in [2.75, 3.05) is 12.8 Å². The van der Waals surface area contributed by atoms with Gasteiger partial charge < -0.3 is 5.32 Å². The van der Waals surface area contributed by atoms with E-state index in [1.165, 1.54) is 12.8 Å². The Bertz CT molecular complexity index is 387. The monoisotopic (exact) mass is 287 g/mol. The van der Waals surface area contributed by atoms with Gasteiger partial charge in [-0.25, -0.2) is 8.42 Å². The Labute approximate surface area is 118 Å². The highest BCUT2D eigenvalue weighted by molar-refractivity contribution is 7.92. The highest BCUT2D eigenvalue weighted by Gasteiger charge is 2.42. The molecule has 2 saturated carbocycles. The second-order valence-corrected chi connectivity index (χ2v) is 9.10. The average Bonchev–Trinajstić information content (AvgIpc) is 2.79. The van der Waals surface area contributed by atoms with E-state index in [4.69, 9.17) is 0 Å². The van der Waals surface area contributed by atoms with E-state index in [0.717, 1.165) is 25.7 Å². The third kappa shape index (κ3) is 3.52. The van der Waals surface area contributed by atoms with Gasteiger partial charge in [-0.15, -0.1) is 0 Å². The summed E-state index contributed by atoms with van der Waals surface area (Å²) in [5.74, 6) is 1.77. The Morgan fingerprint density at radius 1 is 1.11 bits per heavy atom. The lowest BCUT2D eigenvalue weighted by Gasteiger charge is -2.39. The van der Waals surface area contributed by atoms with Crippen molar-refractivity contribution < 1.29 is 8.42 Å². The summed E-state index contributed by atoms with van der Waals surface area (Å²) < 4.78 is 25.6. The van der Waals surface area contributed by atoms with Crippen molar-refractivity contribution in [1.82, 2.24) is 5.32 Å². The van der Waals surface area contributed by atoms with Gasteiger partial charge in [-0.3, -0.25) is 0 Å². The van der Waals surface area contributed by atoms with E-state index < -0.39 is 9.84 Å². The third-order valence-electron chi connectivity index (χ3n) is 5.12. The summed E-state index contributed by atoms with van der Waals surface area (Å²) in [6.07, 6.45) is 6.70. The van der Waals surface area contributed by atoms with Gasteiger partial charge in [-0.2, -0.15) is 0 Å². The summed E-state index contributed by atoms with van der Waals surface area (Å²) in [5, 5.41) is 3.09. The van der Waals surface area contributed by atoms with E-state index in [-0.39, 0.29) is 17.2 Å². The topological polar surface area (TPSA) is 46.2 Å². The molecule has 0 spiro atoms. The molecule has 19 heavy (non-hydrogen) atoms. The fourth-order valence-electron chi connectivity index (χ4n) is 4.33. The zero-order valence-corrected chi connectivity index (χ0v) is 13.4. The molecule has 0 aromatic rings. The van der Waals surface area contributed by atoms with Crippen LogP contribution in [0, 0.1) is 17.8 Å². The van der Waals surface area contributed by atoms with Gasteiger partial charge in [0.1, 0.15) is 0 Å². The Morgan fingerprint density at radius 3 is 2.32 bits per heavy atom. The van der Waals surface area contributed by atoms with Gasteiger partial charge in [0.05, 0.1) is 11.0 Å². The van der Waals surface area contributed by atoms with Crippen LogP contribution in [0.15, 0.2) is 0 Å². The molecule has 4 heteroatoms. The Kier molecular flexibility index (Phi) is 4.93. The normalized spacial score (nSPS) is 37.6. The maximum Gasteiger partial charge on any atom is 0.155 e. The Morgan fingerprint density at radius 2 is 1.74 bits per heavy atom. The molecule has 0 bridgehead atoms. The van der Waals surface area contributed by atoms with Gasteiger partial charge in [0.2, 0.25) is 0 Å². The summed E-state index contributed by atoms with van der Waals surface area (Å²) in [4.78, 5) is 0. The molecule has 2 aliphatic carbocycles. The molecule has 112 valence electrons. The van der Waals surface area contributed by atoms with Crippen LogP contribution in [0.2, 0.25) is 0 Å². The van der Waals surface area contributed by atoms with Gasteiger partial charge in [0, 0.05) is 6.04 Å². The summed E-state index contributed by atoms with van der Waals surface area (Å²) in [6.45, 7) is 4.36. The standard InChI is InChI=1S/C15H29NO2S/c1-11-8-12(2)15(14(9-11)16-3)19(17,18)10-13-6-4-5-7-13/h11-16H,4-10H2,1-3H3. The molecule has 0 amide bonds. The first-order valence-corrected chi connectivity index (χ1v) is 9.54. The van der Waals surface area contributed by atoms with Crippen LogP contribution in [0.1, 0.15) is 52.4 Å². The van der Waals surface area contributed by atoms with Crippen LogP contribution in [0.3, 0.4) is 0 Å². The second-order valence-electron chi connectivity index (χ2n) is 6.89. The largest absolute Gasteiger partial charge is 0.316 e. The van der Waals surface area contributed by atoms with Crippen LogP contribution >= 0.6 is 0 Å². The molecule has 1 N–H and O–H groups in total. The minimum absolute atomic E-state index is 0.144. The first-order chi connectivity index (χ1) is 8.94. The number of rotatable bonds is 4. The van der Waals surface area contributed by atoms with E-state index in [1.807, 2.05) is 7.05 Å². The molecule has 0 heterocycles. The van der Waals surface area contributed by atoms with Crippen molar-refractivity contribution in [3.8, 4) is 0 Å². The van der Waals surface area contributed by atoms with Gasteiger partial charge >= 0.3 is 0 Å². The maximum absolute atomic E-state index is 12.8. The molecule has 0 aromatic carbocycles. The Hall–Kier alpha value is -0.0900. The molecular formula is C15H29NO2S. The summed E-state index contributed by atoms with van der Waals surface area (Å²) in [6, 6.07) is 0.144. The smallest absolute Gasteiger partial charge is 0.155 e. The highest BCUT2D eigenvalue weighted by atomic mass is 32.2. The molecule has 0 saturated heterocycles. The first-order valence-electron chi connectivity index (χ1n) is 7.83. The number of hydrogen-bond donors (Lipinski definition) is 1. The Balaban J connectivity index is 2.11.